The maximum absolute atomic E-state index is 9.81. The molecule has 0 rings (SSSR count). The standard InChI is InChI=1S/C5H9ClO/c1-4(2)5(6)3-7/h3-5H,1-2H3/t5-/m1/s1. The summed E-state index contributed by atoms with van der Waals surface area (Å²) in [5.74, 6) is 0.263. The Balaban J connectivity index is 3.33. The van der Waals surface area contributed by atoms with Crippen LogP contribution in [0.2, 0.25) is 0 Å². The molecule has 0 unspecified atom stereocenters. The van der Waals surface area contributed by atoms with E-state index in [2.05, 4.69) is 0 Å². The molecule has 0 fully saturated rings. The summed E-state index contributed by atoms with van der Waals surface area (Å²) >= 11 is 5.43. The number of carbonyl (C=O) groups excluding carboxylic acids is 1. The van der Waals surface area contributed by atoms with Gasteiger partial charge in [-0.25, -0.2) is 0 Å². The average Bonchev–Trinajstić information content (AvgIpc) is 1.65. The molecule has 2 heteroatoms. The molecule has 0 N–H and O–H groups in total. The molecule has 42 valence electrons. The lowest BCUT2D eigenvalue weighted by Crippen LogP contribution is -2.07. The van der Waals surface area contributed by atoms with Gasteiger partial charge in [-0.2, -0.15) is 0 Å². The summed E-state index contributed by atoms with van der Waals surface area (Å²) in [6, 6.07) is 0. The van der Waals surface area contributed by atoms with Crippen molar-refractivity contribution in [2.45, 2.75) is 19.2 Å². The molecule has 0 bridgehead atoms. The Morgan fingerprint density at radius 2 is 2.00 bits per heavy atom. The minimum absolute atomic E-state index is 0.263. The van der Waals surface area contributed by atoms with Crippen molar-refractivity contribution < 1.29 is 4.79 Å². The molecule has 0 saturated carbocycles. The third kappa shape index (κ3) is 2.63. The molecule has 0 aliphatic heterocycles. The number of aldehydes is 1. The van der Waals surface area contributed by atoms with Gasteiger partial charge in [-0.05, 0) is 5.92 Å². The van der Waals surface area contributed by atoms with E-state index < -0.39 is 0 Å². The molecule has 7 heavy (non-hydrogen) atoms. The van der Waals surface area contributed by atoms with Crippen molar-refractivity contribution >= 4 is 17.9 Å². The lowest BCUT2D eigenvalue weighted by Gasteiger charge is -2.01. The Labute approximate surface area is 48.7 Å². The molecule has 0 aromatic heterocycles. The molecule has 0 aliphatic carbocycles. The highest BCUT2D eigenvalue weighted by Gasteiger charge is 2.05. The summed E-state index contributed by atoms with van der Waals surface area (Å²) in [7, 11) is 0. The van der Waals surface area contributed by atoms with E-state index in [0.29, 0.717) is 0 Å². The number of rotatable bonds is 2. The van der Waals surface area contributed by atoms with E-state index in [1.807, 2.05) is 13.8 Å². The van der Waals surface area contributed by atoms with E-state index in [9.17, 15) is 4.79 Å². The van der Waals surface area contributed by atoms with Gasteiger partial charge in [-0.3, -0.25) is 0 Å². The van der Waals surface area contributed by atoms with Crippen LogP contribution < -0.4 is 0 Å². The third-order valence-corrected chi connectivity index (χ3v) is 1.37. The maximum atomic E-state index is 9.81. The lowest BCUT2D eigenvalue weighted by molar-refractivity contribution is -0.108. The molecular formula is C5H9ClO. The first-order valence-electron chi connectivity index (χ1n) is 2.28. The fourth-order valence-corrected chi connectivity index (χ4v) is 0.157. The Morgan fingerprint density at radius 3 is 2.00 bits per heavy atom. The number of carbonyl (C=O) groups is 1. The summed E-state index contributed by atoms with van der Waals surface area (Å²) in [6.07, 6.45) is 0.756. The first kappa shape index (κ1) is 6.96. The van der Waals surface area contributed by atoms with Crippen LogP contribution in [0.4, 0.5) is 0 Å². The monoisotopic (exact) mass is 120 g/mol. The van der Waals surface area contributed by atoms with Gasteiger partial charge in [0.25, 0.3) is 0 Å². The van der Waals surface area contributed by atoms with Crippen LogP contribution in [0.25, 0.3) is 0 Å². The summed E-state index contributed by atoms with van der Waals surface area (Å²) in [5, 5.41) is -0.306. The first-order chi connectivity index (χ1) is 3.18. The molecule has 0 heterocycles. The van der Waals surface area contributed by atoms with Gasteiger partial charge in [0.2, 0.25) is 0 Å². The highest BCUT2D eigenvalue weighted by molar-refractivity contribution is 6.27. The van der Waals surface area contributed by atoms with Gasteiger partial charge in [0.1, 0.15) is 6.29 Å². The Kier molecular flexibility index (Phi) is 3.01. The van der Waals surface area contributed by atoms with Gasteiger partial charge in [0.15, 0.2) is 0 Å². The molecule has 0 aliphatic rings. The Hall–Kier alpha value is -0.0400. The third-order valence-electron chi connectivity index (χ3n) is 0.767. The fraction of sp³-hybridized carbons (Fsp3) is 0.800. The van der Waals surface area contributed by atoms with Crippen molar-refractivity contribution in [2.75, 3.05) is 0 Å². The lowest BCUT2D eigenvalue weighted by atomic mass is 10.1. The van der Waals surface area contributed by atoms with Gasteiger partial charge >= 0.3 is 0 Å². The molecule has 0 spiro atoms. The summed E-state index contributed by atoms with van der Waals surface area (Å²) < 4.78 is 0. The maximum Gasteiger partial charge on any atom is 0.138 e. The van der Waals surface area contributed by atoms with Crippen molar-refractivity contribution in [2.24, 2.45) is 5.92 Å². The fourth-order valence-electron chi connectivity index (χ4n) is 0.157. The van der Waals surface area contributed by atoms with E-state index in [-0.39, 0.29) is 11.3 Å². The second kappa shape index (κ2) is 3.03. The summed E-state index contributed by atoms with van der Waals surface area (Å²) in [6.45, 7) is 3.82. The molecule has 0 amide bonds. The second-order valence-corrected chi connectivity index (χ2v) is 2.33. The van der Waals surface area contributed by atoms with E-state index in [1.54, 1.807) is 0 Å². The van der Waals surface area contributed by atoms with Crippen molar-refractivity contribution in [3.05, 3.63) is 0 Å². The minimum Gasteiger partial charge on any atom is -0.302 e. The Bertz CT molecular complexity index is 61.1. The van der Waals surface area contributed by atoms with Crippen LogP contribution in [0.3, 0.4) is 0 Å². The smallest absolute Gasteiger partial charge is 0.138 e. The number of hydrogen-bond acceptors (Lipinski definition) is 1. The van der Waals surface area contributed by atoms with Crippen LogP contribution in [0.15, 0.2) is 0 Å². The van der Waals surface area contributed by atoms with Gasteiger partial charge < -0.3 is 4.79 Å². The van der Waals surface area contributed by atoms with E-state index in [0.717, 1.165) is 6.29 Å². The summed E-state index contributed by atoms with van der Waals surface area (Å²) in [4.78, 5) is 9.81. The molecular weight excluding hydrogens is 112 g/mol. The molecule has 0 aromatic carbocycles. The van der Waals surface area contributed by atoms with Crippen LogP contribution in [0, 0.1) is 5.92 Å². The Morgan fingerprint density at radius 1 is 1.57 bits per heavy atom. The van der Waals surface area contributed by atoms with Gasteiger partial charge in [-0.15, -0.1) is 11.6 Å². The molecule has 1 atom stereocenters. The van der Waals surface area contributed by atoms with E-state index in [1.165, 1.54) is 0 Å². The van der Waals surface area contributed by atoms with Crippen LogP contribution in [0.5, 0.6) is 0 Å². The zero-order valence-corrected chi connectivity index (χ0v) is 5.27. The van der Waals surface area contributed by atoms with Crippen LogP contribution in [-0.2, 0) is 4.79 Å². The number of alkyl halides is 1. The van der Waals surface area contributed by atoms with Gasteiger partial charge in [0, 0.05) is 0 Å². The molecule has 0 saturated heterocycles. The summed E-state index contributed by atoms with van der Waals surface area (Å²) in [5.41, 5.74) is 0. The van der Waals surface area contributed by atoms with Crippen molar-refractivity contribution in [1.29, 1.82) is 0 Å². The van der Waals surface area contributed by atoms with Gasteiger partial charge in [-0.1, -0.05) is 13.8 Å². The van der Waals surface area contributed by atoms with E-state index in [4.69, 9.17) is 11.6 Å². The largest absolute Gasteiger partial charge is 0.302 e. The number of hydrogen-bond donors (Lipinski definition) is 0. The van der Waals surface area contributed by atoms with Gasteiger partial charge in [0.05, 0.1) is 5.38 Å². The van der Waals surface area contributed by atoms with E-state index >= 15 is 0 Å². The first-order valence-corrected chi connectivity index (χ1v) is 2.71. The SMILES string of the molecule is CC(C)[C@H](Cl)C=O. The molecule has 0 aromatic rings. The molecule has 1 nitrogen and oxygen atoms in total. The average molecular weight is 121 g/mol. The van der Waals surface area contributed by atoms with Crippen molar-refractivity contribution in [3.8, 4) is 0 Å². The molecule has 0 radical (unpaired) electrons. The van der Waals surface area contributed by atoms with Crippen molar-refractivity contribution in [1.82, 2.24) is 0 Å². The van der Waals surface area contributed by atoms with Crippen molar-refractivity contribution in [3.63, 3.8) is 0 Å². The van der Waals surface area contributed by atoms with Crippen LogP contribution in [0.1, 0.15) is 13.8 Å². The zero-order chi connectivity index (χ0) is 5.86. The zero-order valence-electron chi connectivity index (χ0n) is 4.52. The highest BCUT2D eigenvalue weighted by atomic mass is 35.5. The quantitative estimate of drug-likeness (QED) is 0.398. The normalized spacial score (nSPS) is 14.3. The predicted molar refractivity (Wildman–Crippen MR) is 30.5 cm³/mol. The van der Waals surface area contributed by atoms with Crippen LogP contribution >= 0.6 is 11.6 Å². The topological polar surface area (TPSA) is 17.1 Å². The number of halogens is 1. The minimum atomic E-state index is -0.306. The van der Waals surface area contributed by atoms with Crippen LogP contribution in [-0.4, -0.2) is 11.7 Å². The predicted octanol–water partition coefficient (Wildman–Crippen LogP) is 1.45. The second-order valence-electron chi connectivity index (χ2n) is 1.82. The highest BCUT2D eigenvalue weighted by Crippen LogP contribution is 2.04.